The normalized spacial score (nSPS) is 12.9. The Hall–Kier alpha value is -1.82. The Morgan fingerprint density at radius 1 is 1.52 bits per heavy atom. The minimum absolute atomic E-state index is 0.0365. The number of aromatic nitrogens is 2. The lowest BCUT2D eigenvalue weighted by Gasteiger charge is -2.20. The molecule has 1 atom stereocenters. The van der Waals surface area contributed by atoms with E-state index in [4.69, 9.17) is 22.1 Å². The molecule has 0 bridgehead atoms. The molecule has 0 saturated heterocycles. The third-order valence-electron chi connectivity index (χ3n) is 3.24. The van der Waals surface area contributed by atoms with Gasteiger partial charge in [0.25, 0.3) is 0 Å². The fourth-order valence-corrected chi connectivity index (χ4v) is 2.48. The molecule has 114 valence electrons. The number of imidazole rings is 1. The second kappa shape index (κ2) is 5.89. The Labute approximate surface area is 126 Å². The van der Waals surface area contributed by atoms with Crippen LogP contribution in [0.25, 0.3) is 11.0 Å². The number of nitrogen functional groups attached to an aromatic ring is 1. The Bertz CT molecular complexity index is 684. The van der Waals surface area contributed by atoms with E-state index in [2.05, 4.69) is 4.98 Å². The van der Waals surface area contributed by atoms with Crippen molar-refractivity contribution < 1.29 is 13.9 Å². The summed E-state index contributed by atoms with van der Waals surface area (Å²) in [6, 6.07) is 1.97. The number of halogens is 2. The summed E-state index contributed by atoms with van der Waals surface area (Å²) in [4.78, 5) is 16.2. The molecular weight excluding hydrogens is 297 g/mol. The molecule has 0 aliphatic rings. The number of benzene rings is 1. The van der Waals surface area contributed by atoms with Gasteiger partial charge in [0.2, 0.25) is 5.95 Å². The van der Waals surface area contributed by atoms with Crippen LogP contribution in [-0.2, 0) is 9.53 Å². The molecule has 2 N–H and O–H groups in total. The van der Waals surface area contributed by atoms with Gasteiger partial charge in [0, 0.05) is 6.07 Å². The first-order valence-corrected chi connectivity index (χ1v) is 6.93. The quantitative estimate of drug-likeness (QED) is 0.880. The molecule has 0 spiro atoms. The Kier molecular flexibility index (Phi) is 4.37. The maximum Gasteiger partial charge on any atom is 0.328 e. The first kappa shape index (κ1) is 15.6. The SMILES string of the molecule is COC(=O)C(CC(C)C)n1c(N)nc2cc(Cl)c(F)cc21. The predicted octanol–water partition coefficient (Wildman–Crippen LogP) is 3.17. The van der Waals surface area contributed by atoms with E-state index in [-0.39, 0.29) is 16.9 Å². The number of hydrogen-bond acceptors (Lipinski definition) is 4. The number of rotatable bonds is 4. The summed E-state index contributed by atoms with van der Waals surface area (Å²) in [7, 11) is 1.31. The molecule has 0 radical (unpaired) electrons. The highest BCUT2D eigenvalue weighted by atomic mass is 35.5. The van der Waals surface area contributed by atoms with Crippen LogP contribution in [0, 0.1) is 11.7 Å². The molecule has 0 aliphatic carbocycles. The highest BCUT2D eigenvalue weighted by molar-refractivity contribution is 6.31. The van der Waals surface area contributed by atoms with Crippen molar-refractivity contribution in [2.24, 2.45) is 5.92 Å². The number of hydrogen-bond donors (Lipinski definition) is 1. The summed E-state index contributed by atoms with van der Waals surface area (Å²) < 4.78 is 20.0. The second-order valence-corrected chi connectivity index (χ2v) is 5.67. The molecule has 1 aromatic heterocycles. The molecule has 1 aromatic carbocycles. The summed E-state index contributed by atoms with van der Waals surface area (Å²) in [5.41, 5.74) is 6.76. The average Bonchev–Trinajstić information content (AvgIpc) is 2.71. The van der Waals surface area contributed by atoms with Gasteiger partial charge in [-0.05, 0) is 18.4 Å². The van der Waals surface area contributed by atoms with Gasteiger partial charge in [-0.15, -0.1) is 0 Å². The Morgan fingerprint density at radius 2 is 2.19 bits per heavy atom. The van der Waals surface area contributed by atoms with Gasteiger partial charge in [-0.3, -0.25) is 4.57 Å². The van der Waals surface area contributed by atoms with Gasteiger partial charge in [0.1, 0.15) is 11.9 Å². The van der Waals surface area contributed by atoms with Crippen molar-refractivity contribution in [1.82, 2.24) is 9.55 Å². The molecule has 21 heavy (non-hydrogen) atoms. The van der Waals surface area contributed by atoms with E-state index in [9.17, 15) is 9.18 Å². The van der Waals surface area contributed by atoms with Crippen molar-refractivity contribution in [3.05, 3.63) is 23.0 Å². The highest BCUT2D eigenvalue weighted by Gasteiger charge is 2.27. The van der Waals surface area contributed by atoms with Gasteiger partial charge < -0.3 is 10.5 Å². The summed E-state index contributed by atoms with van der Waals surface area (Å²) in [6.07, 6.45) is 0.507. The molecule has 0 fully saturated rings. The number of nitrogens with two attached hydrogens (primary N) is 1. The van der Waals surface area contributed by atoms with E-state index in [1.165, 1.54) is 23.8 Å². The molecule has 0 amide bonds. The van der Waals surface area contributed by atoms with E-state index in [0.29, 0.717) is 17.5 Å². The maximum atomic E-state index is 13.7. The van der Waals surface area contributed by atoms with E-state index in [0.717, 1.165) is 0 Å². The Morgan fingerprint density at radius 3 is 2.76 bits per heavy atom. The average molecular weight is 314 g/mol. The standard InChI is InChI=1S/C14H17ClFN3O2/c1-7(2)4-12(13(20)21-3)19-11-6-9(16)8(15)5-10(11)18-14(19)17/h5-7,12H,4H2,1-3H3,(H2,17,18). The van der Waals surface area contributed by atoms with E-state index in [1.807, 2.05) is 13.8 Å². The van der Waals surface area contributed by atoms with Crippen LogP contribution in [0.1, 0.15) is 26.3 Å². The zero-order valence-corrected chi connectivity index (χ0v) is 12.8. The number of esters is 1. The number of fused-ring (bicyclic) bond motifs is 1. The number of ether oxygens (including phenoxy) is 1. The second-order valence-electron chi connectivity index (χ2n) is 5.26. The van der Waals surface area contributed by atoms with Crippen LogP contribution in [0.5, 0.6) is 0 Å². The molecule has 7 heteroatoms. The van der Waals surface area contributed by atoms with Crippen LogP contribution in [0.3, 0.4) is 0 Å². The monoisotopic (exact) mass is 313 g/mol. The molecule has 1 heterocycles. The third-order valence-corrected chi connectivity index (χ3v) is 3.53. The van der Waals surface area contributed by atoms with Crippen LogP contribution in [0.15, 0.2) is 12.1 Å². The molecular formula is C14H17ClFN3O2. The first-order chi connectivity index (χ1) is 9.85. The number of nitrogens with zero attached hydrogens (tertiary/aromatic N) is 2. The molecule has 1 unspecified atom stereocenters. The van der Waals surface area contributed by atoms with Crippen LogP contribution in [0.2, 0.25) is 5.02 Å². The molecule has 0 saturated carbocycles. The fraction of sp³-hybridized carbons (Fsp3) is 0.429. The molecule has 0 aliphatic heterocycles. The number of carbonyl (C=O) groups excluding carboxylic acids is 1. The number of carbonyl (C=O) groups is 1. The molecule has 5 nitrogen and oxygen atoms in total. The number of methoxy groups -OCH3 is 1. The minimum atomic E-state index is -0.652. The van der Waals surface area contributed by atoms with E-state index < -0.39 is 17.8 Å². The lowest BCUT2D eigenvalue weighted by Crippen LogP contribution is -2.23. The maximum absolute atomic E-state index is 13.7. The molecule has 2 rings (SSSR count). The van der Waals surface area contributed by atoms with Gasteiger partial charge in [0.15, 0.2) is 0 Å². The first-order valence-electron chi connectivity index (χ1n) is 6.55. The van der Waals surface area contributed by atoms with Crippen molar-refractivity contribution in [2.75, 3.05) is 12.8 Å². The predicted molar refractivity (Wildman–Crippen MR) is 79.6 cm³/mol. The van der Waals surface area contributed by atoms with Gasteiger partial charge in [0.05, 0.1) is 23.2 Å². The van der Waals surface area contributed by atoms with Gasteiger partial charge in [-0.25, -0.2) is 14.2 Å². The summed E-state index contributed by atoms with van der Waals surface area (Å²) in [5, 5.41) is -0.0365. The lowest BCUT2D eigenvalue weighted by atomic mass is 10.0. The largest absolute Gasteiger partial charge is 0.467 e. The fourth-order valence-electron chi connectivity index (χ4n) is 2.33. The summed E-state index contributed by atoms with van der Waals surface area (Å²) >= 11 is 5.75. The van der Waals surface area contributed by atoms with Gasteiger partial charge >= 0.3 is 5.97 Å². The lowest BCUT2D eigenvalue weighted by molar-refractivity contribution is -0.145. The van der Waals surface area contributed by atoms with Crippen molar-refractivity contribution in [2.45, 2.75) is 26.3 Å². The summed E-state index contributed by atoms with van der Waals surface area (Å²) in [6.45, 7) is 3.95. The van der Waals surface area contributed by atoms with Crippen molar-refractivity contribution >= 4 is 34.6 Å². The van der Waals surface area contributed by atoms with Crippen molar-refractivity contribution in [1.29, 1.82) is 0 Å². The van der Waals surface area contributed by atoms with Crippen LogP contribution < -0.4 is 5.73 Å². The van der Waals surface area contributed by atoms with Crippen molar-refractivity contribution in [3.63, 3.8) is 0 Å². The van der Waals surface area contributed by atoms with Crippen LogP contribution >= 0.6 is 11.6 Å². The summed E-state index contributed by atoms with van der Waals surface area (Å²) in [5.74, 6) is -0.672. The zero-order chi connectivity index (χ0) is 15.7. The smallest absolute Gasteiger partial charge is 0.328 e. The topological polar surface area (TPSA) is 70.1 Å². The van der Waals surface area contributed by atoms with Crippen LogP contribution in [-0.4, -0.2) is 22.6 Å². The van der Waals surface area contributed by atoms with Crippen LogP contribution in [0.4, 0.5) is 10.3 Å². The zero-order valence-electron chi connectivity index (χ0n) is 12.1. The number of anilines is 1. The third kappa shape index (κ3) is 2.95. The van der Waals surface area contributed by atoms with Crippen molar-refractivity contribution in [3.8, 4) is 0 Å². The van der Waals surface area contributed by atoms with Gasteiger partial charge in [-0.1, -0.05) is 25.4 Å². The highest BCUT2D eigenvalue weighted by Crippen LogP contribution is 2.30. The van der Waals surface area contributed by atoms with E-state index in [1.54, 1.807) is 0 Å². The molecule has 2 aromatic rings. The minimum Gasteiger partial charge on any atom is -0.467 e. The van der Waals surface area contributed by atoms with E-state index >= 15 is 0 Å². The Balaban J connectivity index is 2.64. The van der Waals surface area contributed by atoms with Gasteiger partial charge in [-0.2, -0.15) is 0 Å².